The Morgan fingerprint density at radius 3 is 2.70 bits per heavy atom. The smallest absolute Gasteiger partial charge is 0.244 e. The molecule has 0 aliphatic carbocycles. The summed E-state index contributed by atoms with van der Waals surface area (Å²) >= 11 is 6.50. The fourth-order valence-electron chi connectivity index (χ4n) is 2.30. The topological polar surface area (TPSA) is 66.0 Å². The summed E-state index contributed by atoms with van der Waals surface area (Å²) in [5.74, 6) is -0.585. The van der Waals surface area contributed by atoms with Gasteiger partial charge in [-0.15, -0.1) is 11.3 Å². The monoisotopic (exact) mass is 400 g/mol. The van der Waals surface area contributed by atoms with Crippen molar-refractivity contribution in [1.82, 2.24) is 21.2 Å². The molecule has 2 aromatic carbocycles. The van der Waals surface area contributed by atoms with Crippen LogP contribution in [0, 0.1) is 5.82 Å². The van der Waals surface area contributed by atoms with E-state index in [0.717, 1.165) is 5.56 Å². The molecule has 5 nitrogen and oxygen atoms in total. The molecule has 3 rings (SSSR count). The highest BCUT2D eigenvalue weighted by molar-refractivity contribution is 7.80. The number of carbonyl (C=O) groups is 1. The third-order valence-electron chi connectivity index (χ3n) is 3.58. The molecule has 0 atom stereocenters. The van der Waals surface area contributed by atoms with Gasteiger partial charge < -0.3 is 5.32 Å². The maximum atomic E-state index is 13.3. The van der Waals surface area contributed by atoms with Crippen LogP contribution in [0.3, 0.4) is 0 Å². The number of benzene rings is 2. The molecule has 138 valence electrons. The van der Waals surface area contributed by atoms with Crippen molar-refractivity contribution >= 4 is 34.6 Å². The maximum Gasteiger partial charge on any atom is 0.244 e. The van der Waals surface area contributed by atoms with E-state index < -0.39 is 0 Å². The van der Waals surface area contributed by atoms with Gasteiger partial charge in [0.2, 0.25) is 5.91 Å². The zero-order chi connectivity index (χ0) is 19.1. The molecule has 0 aliphatic rings. The quantitative estimate of drug-likeness (QED) is 0.453. The van der Waals surface area contributed by atoms with Crippen LogP contribution < -0.4 is 16.2 Å². The van der Waals surface area contributed by atoms with Gasteiger partial charge in [0.05, 0.1) is 12.1 Å². The zero-order valence-corrected chi connectivity index (χ0v) is 15.9. The van der Waals surface area contributed by atoms with Crippen LogP contribution in [0.1, 0.15) is 11.3 Å². The van der Waals surface area contributed by atoms with E-state index >= 15 is 0 Å². The number of thiazole rings is 1. The first-order valence-electron chi connectivity index (χ1n) is 8.17. The molecule has 0 saturated carbocycles. The van der Waals surface area contributed by atoms with Gasteiger partial charge in [-0.25, -0.2) is 9.37 Å². The maximum absolute atomic E-state index is 13.3. The van der Waals surface area contributed by atoms with Gasteiger partial charge in [0, 0.05) is 17.5 Å². The van der Waals surface area contributed by atoms with Gasteiger partial charge in [0.1, 0.15) is 10.8 Å². The molecule has 0 fully saturated rings. The summed E-state index contributed by atoms with van der Waals surface area (Å²) in [5, 5.41) is 5.79. The van der Waals surface area contributed by atoms with Crippen LogP contribution in [0.5, 0.6) is 0 Å². The van der Waals surface area contributed by atoms with Crippen molar-refractivity contribution < 1.29 is 9.18 Å². The highest BCUT2D eigenvalue weighted by Crippen LogP contribution is 2.24. The molecule has 3 aromatic rings. The lowest BCUT2D eigenvalue weighted by Gasteiger charge is -2.11. The minimum Gasteiger partial charge on any atom is -0.357 e. The highest BCUT2D eigenvalue weighted by atomic mass is 32.1. The van der Waals surface area contributed by atoms with Crippen molar-refractivity contribution in [3.8, 4) is 10.6 Å². The van der Waals surface area contributed by atoms with E-state index in [4.69, 9.17) is 12.2 Å². The van der Waals surface area contributed by atoms with Crippen LogP contribution in [0.4, 0.5) is 4.39 Å². The highest BCUT2D eigenvalue weighted by Gasteiger charge is 2.10. The van der Waals surface area contributed by atoms with Crippen LogP contribution in [0.25, 0.3) is 10.6 Å². The number of thiocarbonyl (C=S) groups is 1. The molecule has 0 spiro atoms. The summed E-state index contributed by atoms with van der Waals surface area (Å²) in [6.45, 7) is 0.561. The van der Waals surface area contributed by atoms with Gasteiger partial charge in [-0.1, -0.05) is 42.5 Å². The van der Waals surface area contributed by atoms with Crippen molar-refractivity contribution in [2.45, 2.75) is 13.0 Å². The first-order valence-corrected chi connectivity index (χ1v) is 9.46. The molecule has 27 heavy (non-hydrogen) atoms. The summed E-state index contributed by atoms with van der Waals surface area (Å²) in [7, 11) is 0. The predicted molar refractivity (Wildman–Crippen MR) is 108 cm³/mol. The third-order valence-corrected chi connectivity index (χ3v) is 4.76. The normalized spacial score (nSPS) is 10.3. The molecule has 1 heterocycles. The summed E-state index contributed by atoms with van der Waals surface area (Å²) in [6, 6.07) is 16.0. The minimum absolute atomic E-state index is 0.0973. The standard InChI is InChI=1S/C19H17FN4OS2/c20-15-8-4-7-14(9-15)18-22-16(12-27-18)10-17(25)23-24-19(26)21-11-13-5-2-1-3-6-13/h1-9,12H,10-11H2,(H,23,25)(H2,21,24,26). The summed E-state index contributed by atoms with van der Waals surface area (Å²) in [4.78, 5) is 16.4. The predicted octanol–water partition coefficient (Wildman–Crippen LogP) is 3.19. The molecule has 8 heteroatoms. The summed E-state index contributed by atoms with van der Waals surface area (Å²) in [6.07, 6.45) is 0.0973. The van der Waals surface area contributed by atoms with Crippen molar-refractivity contribution in [2.75, 3.05) is 0 Å². The Balaban J connectivity index is 1.45. The fourth-order valence-corrected chi connectivity index (χ4v) is 3.24. The molecule has 0 radical (unpaired) electrons. The number of nitrogens with one attached hydrogen (secondary N) is 3. The number of hydrogen-bond donors (Lipinski definition) is 3. The molecule has 0 saturated heterocycles. The van der Waals surface area contributed by atoms with Crippen molar-refractivity contribution in [2.24, 2.45) is 0 Å². The van der Waals surface area contributed by atoms with E-state index in [9.17, 15) is 9.18 Å². The molecule has 1 amide bonds. The second kappa shape index (κ2) is 9.20. The Kier molecular flexibility index (Phi) is 6.45. The molecule has 1 aromatic heterocycles. The largest absolute Gasteiger partial charge is 0.357 e. The van der Waals surface area contributed by atoms with E-state index in [1.165, 1.54) is 23.5 Å². The SMILES string of the molecule is O=C(Cc1csc(-c2cccc(F)c2)n1)NNC(=S)NCc1ccccc1. The molecule has 3 N–H and O–H groups in total. The van der Waals surface area contributed by atoms with Crippen LogP contribution in [0.15, 0.2) is 60.0 Å². The lowest BCUT2D eigenvalue weighted by Crippen LogP contribution is -2.47. The van der Waals surface area contributed by atoms with Gasteiger partial charge in [0.15, 0.2) is 5.11 Å². The summed E-state index contributed by atoms with van der Waals surface area (Å²) < 4.78 is 13.3. The van der Waals surface area contributed by atoms with Crippen LogP contribution in [-0.4, -0.2) is 16.0 Å². The number of amides is 1. The third kappa shape index (κ3) is 5.83. The van der Waals surface area contributed by atoms with Crippen molar-refractivity contribution in [3.05, 3.63) is 77.1 Å². The van der Waals surface area contributed by atoms with E-state index in [1.807, 2.05) is 30.3 Å². The van der Waals surface area contributed by atoms with Crippen LogP contribution in [0.2, 0.25) is 0 Å². The number of rotatable bonds is 5. The van der Waals surface area contributed by atoms with E-state index in [-0.39, 0.29) is 18.1 Å². The average Bonchev–Trinajstić information content (AvgIpc) is 3.14. The number of nitrogens with zero attached hydrogens (tertiary/aromatic N) is 1. The fraction of sp³-hybridized carbons (Fsp3) is 0.105. The molecular weight excluding hydrogens is 383 g/mol. The minimum atomic E-state index is -0.317. The van der Waals surface area contributed by atoms with Crippen LogP contribution >= 0.6 is 23.6 Å². The second-order valence-corrected chi connectivity index (χ2v) is 6.94. The van der Waals surface area contributed by atoms with Gasteiger partial charge in [-0.2, -0.15) is 0 Å². The number of aromatic nitrogens is 1. The van der Waals surface area contributed by atoms with Gasteiger partial charge in [0.25, 0.3) is 0 Å². The van der Waals surface area contributed by atoms with Crippen molar-refractivity contribution in [1.29, 1.82) is 0 Å². The van der Waals surface area contributed by atoms with Gasteiger partial charge in [-0.05, 0) is 29.9 Å². The number of halogens is 1. The Hall–Kier alpha value is -2.84. The first kappa shape index (κ1) is 18.9. The first-order chi connectivity index (χ1) is 13.1. The Labute approximate surface area is 165 Å². The summed E-state index contributed by atoms with van der Waals surface area (Å²) in [5.41, 5.74) is 7.59. The second-order valence-electron chi connectivity index (χ2n) is 5.67. The Morgan fingerprint density at radius 2 is 1.93 bits per heavy atom. The van der Waals surface area contributed by atoms with Crippen molar-refractivity contribution in [3.63, 3.8) is 0 Å². The molecular formula is C19H17FN4OS2. The van der Waals surface area contributed by atoms with E-state index in [1.54, 1.807) is 17.5 Å². The van der Waals surface area contributed by atoms with Crippen LogP contribution in [-0.2, 0) is 17.8 Å². The van der Waals surface area contributed by atoms with E-state index in [0.29, 0.717) is 27.9 Å². The molecule has 0 bridgehead atoms. The average molecular weight is 401 g/mol. The number of hydrazine groups is 1. The number of carbonyl (C=O) groups excluding carboxylic acids is 1. The number of hydrogen-bond acceptors (Lipinski definition) is 4. The Bertz CT molecular complexity index is 930. The van der Waals surface area contributed by atoms with E-state index in [2.05, 4.69) is 21.2 Å². The molecule has 0 unspecified atom stereocenters. The molecule has 0 aliphatic heterocycles. The van der Waals surface area contributed by atoms with Gasteiger partial charge >= 0.3 is 0 Å². The van der Waals surface area contributed by atoms with Gasteiger partial charge in [-0.3, -0.25) is 15.6 Å². The Morgan fingerprint density at radius 1 is 1.11 bits per heavy atom. The lowest BCUT2D eigenvalue weighted by atomic mass is 10.2. The zero-order valence-electron chi connectivity index (χ0n) is 14.2. The lowest BCUT2D eigenvalue weighted by molar-refractivity contribution is -0.121.